The van der Waals surface area contributed by atoms with E-state index in [1.165, 1.54) is 0 Å². The van der Waals surface area contributed by atoms with Crippen molar-refractivity contribution in [2.24, 2.45) is 5.92 Å². The highest BCUT2D eigenvalue weighted by atomic mass is 16.3. The third-order valence-corrected chi connectivity index (χ3v) is 2.39. The van der Waals surface area contributed by atoms with E-state index >= 15 is 0 Å². The van der Waals surface area contributed by atoms with E-state index < -0.39 is 5.60 Å². The molecule has 10 heavy (non-hydrogen) atoms. The average molecular weight is 143 g/mol. The fourth-order valence-electron chi connectivity index (χ4n) is 1.51. The number of aliphatic hydroxyl groups is 1. The van der Waals surface area contributed by atoms with Gasteiger partial charge in [0.1, 0.15) is 0 Å². The maximum Gasteiger partial charge on any atom is 0.0632 e. The molecule has 1 fully saturated rings. The molecule has 0 aromatic carbocycles. The van der Waals surface area contributed by atoms with Crippen LogP contribution in [-0.2, 0) is 0 Å². The van der Waals surface area contributed by atoms with E-state index in [0.717, 1.165) is 19.5 Å². The van der Waals surface area contributed by atoms with E-state index in [0.29, 0.717) is 5.92 Å². The quantitative estimate of drug-likeness (QED) is 0.584. The maximum atomic E-state index is 9.61. The molecule has 1 atom stereocenters. The molecule has 0 saturated carbocycles. The minimum atomic E-state index is -0.481. The Hall–Kier alpha value is -0.0800. The molecule has 1 N–H and O–H groups in total. The van der Waals surface area contributed by atoms with Crippen molar-refractivity contribution in [3.05, 3.63) is 0 Å². The first-order chi connectivity index (χ1) is 4.50. The summed E-state index contributed by atoms with van der Waals surface area (Å²) in [5, 5.41) is 9.61. The van der Waals surface area contributed by atoms with Crippen LogP contribution in [0.4, 0.5) is 0 Å². The summed E-state index contributed by atoms with van der Waals surface area (Å²) >= 11 is 0. The van der Waals surface area contributed by atoms with Crippen LogP contribution in [-0.4, -0.2) is 35.7 Å². The Morgan fingerprint density at radius 3 is 2.30 bits per heavy atom. The van der Waals surface area contributed by atoms with Gasteiger partial charge in [-0.1, -0.05) is 0 Å². The highest BCUT2D eigenvalue weighted by Gasteiger charge is 2.31. The number of hydrogen-bond acceptors (Lipinski definition) is 2. The predicted octanol–water partition coefficient (Wildman–Crippen LogP) is 0.709. The Balaban J connectivity index is 2.45. The molecular formula is C8H17NO. The van der Waals surface area contributed by atoms with E-state index in [1.54, 1.807) is 0 Å². The number of rotatable bonds is 1. The van der Waals surface area contributed by atoms with E-state index in [-0.39, 0.29) is 0 Å². The maximum absolute atomic E-state index is 9.61. The monoisotopic (exact) mass is 143 g/mol. The van der Waals surface area contributed by atoms with Crippen molar-refractivity contribution >= 4 is 0 Å². The van der Waals surface area contributed by atoms with Gasteiger partial charge in [0.15, 0.2) is 0 Å². The summed E-state index contributed by atoms with van der Waals surface area (Å²) in [7, 11) is 2.10. The molecule has 0 radical (unpaired) electrons. The lowest BCUT2D eigenvalue weighted by atomic mass is 9.91. The highest BCUT2D eigenvalue weighted by Crippen LogP contribution is 2.25. The Kier molecular flexibility index (Phi) is 2.02. The van der Waals surface area contributed by atoms with Crippen LogP contribution in [0.5, 0.6) is 0 Å². The van der Waals surface area contributed by atoms with Crippen molar-refractivity contribution in [1.29, 1.82) is 0 Å². The van der Waals surface area contributed by atoms with Gasteiger partial charge in [-0.2, -0.15) is 0 Å². The second-order valence-electron chi connectivity index (χ2n) is 3.90. The minimum absolute atomic E-state index is 0.470. The number of hydrogen-bond donors (Lipinski definition) is 1. The molecule has 0 aromatic rings. The van der Waals surface area contributed by atoms with Crippen LogP contribution in [0.1, 0.15) is 20.3 Å². The van der Waals surface area contributed by atoms with Crippen molar-refractivity contribution in [3.63, 3.8) is 0 Å². The third kappa shape index (κ3) is 1.70. The predicted molar refractivity (Wildman–Crippen MR) is 41.9 cm³/mol. The number of nitrogens with zero attached hydrogens (tertiary/aromatic N) is 1. The molecule has 0 aromatic heterocycles. The molecular weight excluding hydrogens is 126 g/mol. The van der Waals surface area contributed by atoms with Gasteiger partial charge in [-0.15, -0.1) is 0 Å². The van der Waals surface area contributed by atoms with Gasteiger partial charge in [0, 0.05) is 12.5 Å². The van der Waals surface area contributed by atoms with Gasteiger partial charge < -0.3 is 10.0 Å². The molecule has 0 spiro atoms. The van der Waals surface area contributed by atoms with Gasteiger partial charge in [-0.25, -0.2) is 0 Å². The van der Waals surface area contributed by atoms with Gasteiger partial charge in [0.25, 0.3) is 0 Å². The highest BCUT2D eigenvalue weighted by molar-refractivity contribution is 4.84. The largest absolute Gasteiger partial charge is 0.390 e. The zero-order valence-electron chi connectivity index (χ0n) is 7.09. The standard InChI is InChI=1S/C8H17NO/c1-8(2,10)7-4-5-9(3)6-7/h7,10H,4-6H2,1-3H3/t7-/m0/s1. The Bertz CT molecular complexity index is 117. The van der Waals surface area contributed by atoms with Crippen molar-refractivity contribution in [1.82, 2.24) is 4.90 Å². The minimum Gasteiger partial charge on any atom is -0.390 e. The molecule has 1 saturated heterocycles. The lowest BCUT2D eigenvalue weighted by Crippen LogP contribution is -2.32. The molecule has 1 rings (SSSR count). The molecule has 0 aliphatic carbocycles. The van der Waals surface area contributed by atoms with Crippen molar-refractivity contribution in [2.45, 2.75) is 25.9 Å². The normalized spacial score (nSPS) is 29.4. The molecule has 0 unspecified atom stereocenters. The molecule has 0 bridgehead atoms. The van der Waals surface area contributed by atoms with E-state index in [2.05, 4.69) is 11.9 Å². The zero-order valence-corrected chi connectivity index (χ0v) is 7.09. The van der Waals surface area contributed by atoms with Crippen molar-refractivity contribution in [3.8, 4) is 0 Å². The van der Waals surface area contributed by atoms with E-state index in [1.807, 2.05) is 13.8 Å². The van der Waals surface area contributed by atoms with Crippen molar-refractivity contribution in [2.75, 3.05) is 20.1 Å². The van der Waals surface area contributed by atoms with E-state index in [4.69, 9.17) is 0 Å². The first kappa shape index (κ1) is 8.02. The Labute approximate surface area is 62.8 Å². The molecule has 0 amide bonds. The van der Waals surface area contributed by atoms with Crippen LogP contribution < -0.4 is 0 Å². The van der Waals surface area contributed by atoms with Crippen LogP contribution in [0.3, 0.4) is 0 Å². The third-order valence-electron chi connectivity index (χ3n) is 2.39. The summed E-state index contributed by atoms with van der Waals surface area (Å²) in [5.74, 6) is 0.470. The SMILES string of the molecule is CN1CC[C@H](C(C)(C)O)C1. The summed E-state index contributed by atoms with van der Waals surface area (Å²) in [5.41, 5.74) is -0.481. The summed E-state index contributed by atoms with van der Waals surface area (Å²) in [4.78, 5) is 2.27. The second-order valence-corrected chi connectivity index (χ2v) is 3.90. The first-order valence-electron chi connectivity index (χ1n) is 3.91. The van der Waals surface area contributed by atoms with Gasteiger partial charge >= 0.3 is 0 Å². The van der Waals surface area contributed by atoms with Gasteiger partial charge in [-0.05, 0) is 33.9 Å². The van der Waals surface area contributed by atoms with Crippen molar-refractivity contribution < 1.29 is 5.11 Å². The van der Waals surface area contributed by atoms with Crippen LogP contribution in [0, 0.1) is 5.92 Å². The van der Waals surface area contributed by atoms with Gasteiger partial charge in [0.2, 0.25) is 0 Å². The van der Waals surface area contributed by atoms with Crippen LogP contribution >= 0.6 is 0 Å². The summed E-state index contributed by atoms with van der Waals surface area (Å²) in [6, 6.07) is 0. The second kappa shape index (κ2) is 2.51. The smallest absolute Gasteiger partial charge is 0.0632 e. The van der Waals surface area contributed by atoms with Gasteiger partial charge in [-0.3, -0.25) is 0 Å². The number of likely N-dealkylation sites (tertiary alicyclic amines) is 1. The van der Waals surface area contributed by atoms with E-state index in [9.17, 15) is 5.11 Å². The molecule has 60 valence electrons. The molecule has 1 heterocycles. The molecule has 2 nitrogen and oxygen atoms in total. The summed E-state index contributed by atoms with van der Waals surface area (Å²) in [6.45, 7) is 5.98. The Morgan fingerprint density at radius 2 is 2.10 bits per heavy atom. The average Bonchev–Trinajstić information content (AvgIpc) is 2.11. The molecule has 1 aliphatic rings. The first-order valence-corrected chi connectivity index (χ1v) is 3.91. The lowest BCUT2D eigenvalue weighted by molar-refractivity contribution is 0.0220. The fourth-order valence-corrected chi connectivity index (χ4v) is 1.51. The topological polar surface area (TPSA) is 23.5 Å². The summed E-state index contributed by atoms with van der Waals surface area (Å²) < 4.78 is 0. The molecule has 2 heteroatoms. The lowest BCUT2D eigenvalue weighted by Gasteiger charge is -2.24. The Morgan fingerprint density at radius 1 is 1.50 bits per heavy atom. The van der Waals surface area contributed by atoms with Gasteiger partial charge in [0.05, 0.1) is 5.60 Å². The summed E-state index contributed by atoms with van der Waals surface area (Å²) in [6.07, 6.45) is 1.14. The van der Waals surface area contributed by atoms with Crippen LogP contribution in [0.2, 0.25) is 0 Å². The van der Waals surface area contributed by atoms with Crippen LogP contribution in [0.25, 0.3) is 0 Å². The molecule has 1 aliphatic heterocycles. The fraction of sp³-hybridized carbons (Fsp3) is 1.00. The van der Waals surface area contributed by atoms with Crippen LogP contribution in [0.15, 0.2) is 0 Å². The zero-order chi connectivity index (χ0) is 7.78.